The maximum atomic E-state index is 5.75. The first-order valence-electron chi connectivity index (χ1n) is 4.98. The van der Waals surface area contributed by atoms with Crippen LogP contribution >= 0.6 is 0 Å². The molecule has 1 aromatic rings. The average molecular weight is 192 g/mol. The van der Waals surface area contributed by atoms with Gasteiger partial charge in [-0.05, 0) is 19.4 Å². The second-order valence-electron chi connectivity index (χ2n) is 4.20. The van der Waals surface area contributed by atoms with Crippen LogP contribution in [0.2, 0.25) is 0 Å². The van der Waals surface area contributed by atoms with Gasteiger partial charge in [0.2, 0.25) is 0 Å². The van der Waals surface area contributed by atoms with Crippen LogP contribution in [0.3, 0.4) is 0 Å². The molecule has 76 valence electrons. The van der Waals surface area contributed by atoms with Crippen LogP contribution in [0.5, 0.6) is 0 Å². The van der Waals surface area contributed by atoms with Gasteiger partial charge in [0.1, 0.15) is 6.10 Å². The number of benzene rings is 1. The van der Waals surface area contributed by atoms with Crippen molar-refractivity contribution < 1.29 is 9.47 Å². The summed E-state index contributed by atoms with van der Waals surface area (Å²) in [6.45, 7) is 5.52. The van der Waals surface area contributed by atoms with Crippen LogP contribution in [0.25, 0.3) is 0 Å². The van der Waals surface area contributed by atoms with Gasteiger partial charge in [0.15, 0.2) is 0 Å². The Balaban J connectivity index is 1.84. The van der Waals surface area contributed by atoms with Gasteiger partial charge in [0.05, 0.1) is 18.8 Å². The molecule has 0 spiro atoms. The van der Waals surface area contributed by atoms with Crippen molar-refractivity contribution in [1.29, 1.82) is 0 Å². The molecule has 1 fully saturated rings. The molecule has 0 saturated carbocycles. The monoisotopic (exact) mass is 192 g/mol. The Bertz CT molecular complexity index is 292. The van der Waals surface area contributed by atoms with E-state index in [1.807, 2.05) is 18.2 Å². The van der Waals surface area contributed by atoms with E-state index in [0.717, 1.165) is 6.61 Å². The third-order valence-electron chi connectivity index (χ3n) is 2.68. The second kappa shape index (κ2) is 3.71. The fraction of sp³-hybridized carbons (Fsp3) is 0.500. The molecule has 1 atom stereocenters. The minimum absolute atomic E-state index is 0.102. The summed E-state index contributed by atoms with van der Waals surface area (Å²) in [4.78, 5) is 0. The zero-order chi connectivity index (χ0) is 10.0. The molecule has 0 aliphatic carbocycles. The normalized spacial score (nSPS) is 24.3. The molecule has 0 amide bonds. The zero-order valence-corrected chi connectivity index (χ0v) is 8.69. The smallest absolute Gasteiger partial charge is 0.110 e. The lowest BCUT2D eigenvalue weighted by Gasteiger charge is -2.43. The Labute approximate surface area is 84.8 Å². The maximum Gasteiger partial charge on any atom is 0.110 e. The van der Waals surface area contributed by atoms with E-state index in [-0.39, 0.29) is 11.7 Å². The Morgan fingerprint density at radius 1 is 1.36 bits per heavy atom. The third kappa shape index (κ3) is 1.97. The van der Waals surface area contributed by atoms with E-state index in [4.69, 9.17) is 9.47 Å². The molecule has 1 unspecified atom stereocenters. The van der Waals surface area contributed by atoms with Crippen LogP contribution in [0.1, 0.15) is 19.4 Å². The van der Waals surface area contributed by atoms with Gasteiger partial charge in [-0.3, -0.25) is 0 Å². The van der Waals surface area contributed by atoms with Crippen LogP contribution in [-0.4, -0.2) is 18.3 Å². The molecule has 2 nitrogen and oxygen atoms in total. The molecule has 1 saturated heterocycles. The highest BCUT2D eigenvalue weighted by Gasteiger charge is 2.40. The van der Waals surface area contributed by atoms with Crippen molar-refractivity contribution >= 4 is 0 Å². The van der Waals surface area contributed by atoms with Crippen molar-refractivity contribution in [2.24, 2.45) is 0 Å². The minimum Gasteiger partial charge on any atom is -0.370 e. The van der Waals surface area contributed by atoms with Crippen LogP contribution < -0.4 is 0 Å². The van der Waals surface area contributed by atoms with Crippen molar-refractivity contribution in [2.75, 3.05) is 6.61 Å². The number of rotatable bonds is 3. The predicted octanol–water partition coefficient (Wildman–Crippen LogP) is 2.38. The molecule has 14 heavy (non-hydrogen) atoms. The fourth-order valence-electron chi connectivity index (χ4n) is 1.50. The topological polar surface area (TPSA) is 18.5 Å². The molecule has 1 heterocycles. The van der Waals surface area contributed by atoms with Gasteiger partial charge in [0.25, 0.3) is 0 Å². The molecule has 0 aromatic heterocycles. The van der Waals surface area contributed by atoms with Gasteiger partial charge in [-0.25, -0.2) is 0 Å². The highest BCUT2D eigenvalue weighted by molar-refractivity contribution is 5.13. The third-order valence-corrected chi connectivity index (χ3v) is 2.68. The molecule has 2 rings (SSSR count). The molecule has 1 aromatic carbocycles. The second-order valence-corrected chi connectivity index (χ2v) is 4.20. The molecule has 0 bridgehead atoms. The van der Waals surface area contributed by atoms with Gasteiger partial charge in [-0.1, -0.05) is 30.3 Å². The summed E-state index contributed by atoms with van der Waals surface area (Å²) in [6, 6.07) is 10.2. The lowest BCUT2D eigenvalue weighted by Crippen LogP contribution is -2.54. The maximum absolute atomic E-state index is 5.75. The molecule has 1 aliphatic rings. The number of hydrogen-bond donors (Lipinski definition) is 0. The molecule has 0 N–H and O–H groups in total. The van der Waals surface area contributed by atoms with Gasteiger partial charge in [-0.15, -0.1) is 0 Å². The minimum atomic E-state index is -0.102. The molecular formula is C12H16O2. The van der Waals surface area contributed by atoms with Crippen LogP contribution in [-0.2, 0) is 16.1 Å². The summed E-state index contributed by atoms with van der Waals surface area (Å²) < 4.78 is 11.1. The van der Waals surface area contributed by atoms with E-state index in [9.17, 15) is 0 Å². The highest BCUT2D eigenvalue weighted by Crippen LogP contribution is 2.28. The Morgan fingerprint density at radius 3 is 2.57 bits per heavy atom. The van der Waals surface area contributed by atoms with E-state index in [2.05, 4.69) is 26.0 Å². The summed E-state index contributed by atoms with van der Waals surface area (Å²) in [5.74, 6) is 0. The van der Waals surface area contributed by atoms with E-state index in [0.29, 0.717) is 6.61 Å². The van der Waals surface area contributed by atoms with E-state index in [1.54, 1.807) is 0 Å². The summed E-state index contributed by atoms with van der Waals surface area (Å²) >= 11 is 0. The summed E-state index contributed by atoms with van der Waals surface area (Å²) in [5, 5.41) is 0. The van der Waals surface area contributed by atoms with E-state index >= 15 is 0 Å². The highest BCUT2D eigenvalue weighted by atomic mass is 16.6. The fourth-order valence-corrected chi connectivity index (χ4v) is 1.50. The van der Waals surface area contributed by atoms with Crippen molar-refractivity contribution in [3.8, 4) is 0 Å². The Morgan fingerprint density at radius 2 is 2.07 bits per heavy atom. The zero-order valence-electron chi connectivity index (χ0n) is 8.69. The van der Waals surface area contributed by atoms with Crippen LogP contribution in [0.4, 0.5) is 0 Å². The van der Waals surface area contributed by atoms with E-state index in [1.165, 1.54) is 5.56 Å². The number of hydrogen-bond acceptors (Lipinski definition) is 2. The molecular weight excluding hydrogens is 176 g/mol. The predicted molar refractivity (Wildman–Crippen MR) is 55.1 cm³/mol. The van der Waals surface area contributed by atoms with Gasteiger partial charge in [-0.2, -0.15) is 0 Å². The van der Waals surface area contributed by atoms with Crippen molar-refractivity contribution in [3.63, 3.8) is 0 Å². The first-order valence-corrected chi connectivity index (χ1v) is 4.98. The lowest BCUT2D eigenvalue weighted by molar-refractivity contribution is -0.242. The molecule has 0 radical (unpaired) electrons. The van der Waals surface area contributed by atoms with Gasteiger partial charge >= 0.3 is 0 Å². The van der Waals surface area contributed by atoms with Crippen molar-refractivity contribution in [2.45, 2.75) is 32.2 Å². The van der Waals surface area contributed by atoms with Crippen molar-refractivity contribution in [1.82, 2.24) is 0 Å². The largest absolute Gasteiger partial charge is 0.370 e. The summed E-state index contributed by atoms with van der Waals surface area (Å²) in [6.07, 6.45) is 0.239. The first-order chi connectivity index (χ1) is 6.68. The van der Waals surface area contributed by atoms with Gasteiger partial charge in [0, 0.05) is 0 Å². The standard InChI is InChI=1S/C12H16O2/c1-12(2)11(9-14-12)13-8-10-6-4-3-5-7-10/h3-7,11H,8-9H2,1-2H3. The molecule has 2 heteroatoms. The van der Waals surface area contributed by atoms with Gasteiger partial charge < -0.3 is 9.47 Å². The Kier molecular flexibility index (Phi) is 2.57. The summed E-state index contributed by atoms with van der Waals surface area (Å²) in [5.41, 5.74) is 1.12. The first kappa shape index (κ1) is 9.69. The van der Waals surface area contributed by atoms with E-state index < -0.39 is 0 Å². The quantitative estimate of drug-likeness (QED) is 0.732. The summed E-state index contributed by atoms with van der Waals surface area (Å²) in [7, 11) is 0. The van der Waals surface area contributed by atoms with Crippen LogP contribution in [0.15, 0.2) is 30.3 Å². The lowest BCUT2D eigenvalue weighted by atomic mass is 9.96. The Hall–Kier alpha value is -0.860. The van der Waals surface area contributed by atoms with Crippen LogP contribution in [0, 0.1) is 0 Å². The number of ether oxygens (including phenoxy) is 2. The average Bonchev–Trinajstić information content (AvgIpc) is 2.18. The molecule has 1 aliphatic heterocycles. The van der Waals surface area contributed by atoms with Crippen molar-refractivity contribution in [3.05, 3.63) is 35.9 Å². The SMILES string of the molecule is CC1(C)OCC1OCc1ccccc1.